The second-order valence-electron chi connectivity index (χ2n) is 5.92. The lowest BCUT2D eigenvalue weighted by Gasteiger charge is -2.27. The van der Waals surface area contributed by atoms with E-state index in [2.05, 4.69) is 52.0 Å². The van der Waals surface area contributed by atoms with Gasteiger partial charge in [-0.25, -0.2) is 0 Å². The topological polar surface area (TPSA) is 15.3 Å². The van der Waals surface area contributed by atoms with Crippen molar-refractivity contribution < 1.29 is 0 Å². The third-order valence-corrected chi connectivity index (χ3v) is 2.65. The zero-order valence-corrected chi connectivity index (χ0v) is 11.6. The van der Waals surface area contributed by atoms with Crippen LogP contribution in [0.25, 0.3) is 0 Å². The van der Waals surface area contributed by atoms with Gasteiger partial charge in [-0.15, -0.1) is 0 Å². The summed E-state index contributed by atoms with van der Waals surface area (Å²) in [5, 5.41) is 3.63. The van der Waals surface area contributed by atoms with E-state index in [9.17, 15) is 0 Å². The standard InChI is InChI=1S/C13H30N2/c1-12(2)11-14-13(3,4)9-7-8-10-15(5)6/h12,14H,7-11H2,1-6H3. The molecule has 0 unspecified atom stereocenters. The highest BCUT2D eigenvalue weighted by Crippen LogP contribution is 2.13. The largest absolute Gasteiger partial charge is 0.312 e. The van der Waals surface area contributed by atoms with Crippen LogP contribution >= 0.6 is 0 Å². The summed E-state index contributed by atoms with van der Waals surface area (Å²) in [4.78, 5) is 2.26. The Morgan fingerprint density at radius 2 is 1.73 bits per heavy atom. The molecule has 0 heterocycles. The fourth-order valence-corrected chi connectivity index (χ4v) is 1.56. The molecule has 0 radical (unpaired) electrons. The van der Waals surface area contributed by atoms with E-state index in [-0.39, 0.29) is 0 Å². The van der Waals surface area contributed by atoms with Crippen LogP contribution in [0.2, 0.25) is 0 Å². The van der Waals surface area contributed by atoms with Crippen molar-refractivity contribution in [2.75, 3.05) is 27.2 Å². The van der Waals surface area contributed by atoms with Gasteiger partial charge < -0.3 is 10.2 Å². The van der Waals surface area contributed by atoms with Crippen LogP contribution in [0.15, 0.2) is 0 Å². The number of unbranched alkanes of at least 4 members (excludes halogenated alkanes) is 1. The van der Waals surface area contributed by atoms with Crippen molar-refractivity contribution in [2.24, 2.45) is 5.92 Å². The molecule has 0 aliphatic heterocycles. The second-order valence-corrected chi connectivity index (χ2v) is 5.92. The van der Waals surface area contributed by atoms with Gasteiger partial charge in [-0.05, 0) is 59.8 Å². The van der Waals surface area contributed by atoms with E-state index in [0.29, 0.717) is 5.54 Å². The highest BCUT2D eigenvalue weighted by atomic mass is 15.0. The quantitative estimate of drug-likeness (QED) is 0.625. The van der Waals surface area contributed by atoms with Crippen molar-refractivity contribution in [3.63, 3.8) is 0 Å². The maximum absolute atomic E-state index is 3.63. The van der Waals surface area contributed by atoms with E-state index >= 15 is 0 Å². The van der Waals surface area contributed by atoms with E-state index in [4.69, 9.17) is 0 Å². The van der Waals surface area contributed by atoms with Gasteiger partial charge in [0.25, 0.3) is 0 Å². The Morgan fingerprint density at radius 1 is 1.13 bits per heavy atom. The molecule has 2 nitrogen and oxygen atoms in total. The van der Waals surface area contributed by atoms with E-state index in [1.807, 2.05) is 0 Å². The summed E-state index contributed by atoms with van der Waals surface area (Å²) < 4.78 is 0. The molecule has 0 spiro atoms. The van der Waals surface area contributed by atoms with Crippen LogP contribution in [0.5, 0.6) is 0 Å². The van der Waals surface area contributed by atoms with Gasteiger partial charge in [0.1, 0.15) is 0 Å². The average molecular weight is 214 g/mol. The molecule has 0 aromatic carbocycles. The van der Waals surface area contributed by atoms with Crippen LogP contribution in [0.4, 0.5) is 0 Å². The Hall–Kier alpha value is -0.0800. The summed E-state index contributed by atoms with van der Waals surface area (Å²) in [5.41, 5.74) is 0.302. The zero-order chi connectivity index (χ0) is 11.9. The molecular formula is C13H30N2. The SMILES string of the molecule is CC(C)CNC(C)(C)CCCCN(C)C. The Kier molecular flexibility index (Phi) is 7.20. The number of hydrogen-bond acceptors (Lipinski definition) is 2. The van der Waals surface area contributed by atoms with Crippen LogP contribution in [-0.2, 0) is 0 Å². The number of rotatable bonds is 8. The molecule has 92 valence electrons. The molecule has 0 aromatic rings. The van der Waals surface area contributed by atoms with Crippen molar-refractivity contribution in [2.45, 2.75) is 52.5 Å². The molecule has 0 aliphatic rings. The van der Waals surface area contributed by atoms with E-state index < -0.39 is 0 Å². The molecule has 0 saturated carbocycles. The maximum Gasteiger partial charge on any atom is 0.0125 e. The fourth-order valence-electron chi connectivity index (χ4n) is 1.56. The summed E-state index contributed by atoms with van der Waals surface area (Å²) in [5.74, 6) is 0.742. The smallest absolute Gasteiger partial charge is 0.0125 e. The Balaban J connectivity index is 3.55. The molecule has 2 heteroatoms. The van der Waals surface area contributed by atoms with Crippen LogP contribution < -0.4 is 5.32 Å². The number of nitrogens with zero attached hydrogens (tertiary/aromatic N) is 1. The molecule has 0 rings (SSSR count). The summed E-state index contributed by atoms with van der Waals surface area (Å²) in [7, 11) is 4.28. The minimum absolute atomic E-state index is 0.302. The molecule has 0 fully saturated rings. The van der Waals surface area contributed by atoms with Crippen LogP contribution in [0.1, 0.15) is 47.0 Å². The molecule has 0 amide bonds. The van der Waals surface area contributed by atoms with Gasteiger partial charge in [-0.1, -0.05) is 20.3 Å². The monoisotopic (exact) mass is 214 g/mol. The summed E-state index contributed by atoms with van der Waals surface area (Å²) >= 11 is 0. The average Bonchev–Trinajstić information content (AvgIpc) is 2.09. The van der Waals surface area contributed by atoms with Crippen molar-refractivity contribution in [1.29, 1.82) is 0 Å². The minimum atomic E-state index is 0.302. The first-order chi connectivity index (χ1) is 6.83. The summed E-state index contributed by atoms with van der Waals surface area (Å²) in [6, 6.07) is 0. The molecular weight excluding hydrogens is 184 g/mol. The van der Waals surface area contributed by atoms with Gasteiger partial charge in [0.15, 0.2) is 0 Å². The number of hydrogen-bond donors (Lipinski definition) is 1. The van der Waals surface area contributed by atoms with Crippen LogP contribution in [-0.4, -0.2) is 37.6 Å². The lowest BCUT2D eigenvalue weighted by atomic mass is 9.96. The highest BCUT2D eigenvalue weighted by molar-refractivity contribution is 4.77. The first-order valence-electron chi connectivity index (χ1n) is 6.23. The summed E-state index contributed by atoms with van der Waals surface area (Å²) in [6.45, 7) is 11.5. The predicted octanol–water partition coefficient (Wildman–Crippen LogP) is 2.74. The van der Waals surface area contributed by atoms with Gasteiger partial charge in [-0.2, -0.15) is 0 Å². The minimum Gasteiger partial charge on any atom is -0.312 e. The molecule has 0 aliphatic carbocycles. The fraction of sp³-hybridized carbons (Fsp3) is 1.00. The Morgan fingerprint density at radius 3 is 2.20 bits per heavy atom. The molecule has 0 bridgehead atoms. The van der Waals surface area contributed by atoms with Crippen molar-refractivity contribution in [3.05, 3.63) is 0 Å². The van der Waals surface area contributed by atoms with Gasteiger partial charge in [0.05, 0.1) is 0 Å². The molecule has 0 atom stereocenters. The van der Waals surface area contributed by atoms with Crippen molar-refractivity contribution in [1.82, 2.24) is 10.2 Å². The van der Waals surface area contributed by atoms with Gasteiger partial charge in [0.2, 0.25) is 0 Å². The maximum atomic E-state index is 3.63. The second kappa shape index (κ2) is 7.24. The normalized spacial score (nSPS) is 12.8. The number of nitrogens with one attached hydrogen (secondary N) is 1. The van der Waals surface area contributed by atoms with Crippen LogP contribution in [0.3, 0.4) is 0 Å². The highest BCUT2D eigenvalue weighted by Gasteiger charge is 2.16. The van der Waals surface area contributed by atoms with Gasteiger partial charge >= 0.3 is 0 Å². The predicted molar refractivity (Wildman–Crippen MR) is 69.3 cm³/mol. The van der Waals surface area contributed by atoms with Crippen LogP contribution in [0, 0.1) is 5.92 Å². The third kappa shape index (κ3) is 10.2. The zero-order valence-electron chi connectivity index (χ0n) is 11.6. The molecule has 0 aromatic heterocycles. The molecule has 15 heavy (non-hydrogen) atoms. The molecule has 1 N–H and O–H groups in total. The van der Waals surface area contributed by atoms with Gasteiger partial charge in [-0.3, -0.25) is 0 Å². The Bertz CT molecular complexity index is 151. The van der Waals surface area contributed by atoms with Crippen molar-refractivity contribution >= 4 is 0 Å². The van der Waals surface area contributed by atoms with E-state index in [0.717, 1.165) is 12.5 Å². The first-order valence-corrected chi connectivity index (χ1v) is 6.23. The van der Waals surface area contributed by atoms with E-state index in [1.54, 1.807) is 0 Å². The van der Waals surface area contributed by atoms with Gasteiger partial charge in [0, 0.05) is 5.54 Å². The lowest BCUT2D eigenvalue weighted by Crippen LogP contribution is -2.41. The van der Waals surface area contributed by atoms with E-state index in [1.165, 1.54) is 25.8 Å². The first kappa shape index (κ1) is 14.9. The lowest BCUT2D eigenvalue weighted by molar-refractivity contribution is 0.317. The molecule has 0 saturated heterocycles. The van der Waals surface area contributed by atoms with Crippen molar-refractivity contribution in [3.8, 4) is 0 Å². The third-order valence-electron chi connectivity index (χ3n) is 2.65. The Labute approximate surface area is 96.4 Å². The summed E-state index contributed by atoms with van der Waals surface area (Å²) in [6.07, 6.45) is 3.89.